The fourth-order valence-corrected chi connectivity index (χ4v) is 4.03. The molecule has 0 bridgehead atoms. The lowest BCUT2D eigenvalue weighted by Gasteiger charge is -2.18. The second kappa shape index (κ2) is 6.86. The number of rotatable bonds is 4. The van der Waals surface area contributed by atoms with Crippen molar-refractivity contribution < 1.29 is 17.6 Å². The number of aryl methyl sites for hydroxylation is 1. The molecule has 1 N–H and O–H groups in total. The molecule has 3 rings (SSSR count). The molecule has 2 aromatic rings. The molecule has 0 aliphatic carbocycles. The first-order valence-electron chi connectivity index (χ1n) is 7.92. The lowest BCUT2D eigenvalue weighted by molar-refractivity contribution is -0.118. The van der Waals surface area contributed by atoms with Gasteiger partial charge in [-0.25, -0.2) is 12.8 Å². The average molecular weight is 373 g/mol. The maximum Gasteiger partial charge on any atom is 0.245 e. The molecule has 1 aliphatic heterocycles. The maximum absolute atomic E-state index is 13.4. The predicted octanol–water partition coefficient (Wildman–Crippen LogP) is 2.09. The van der Waals surface area contributed by atoms with Crippen molar-refractivity contribution >= 4 is 21.6 Å². The molecule has 0 radical (unpaired) electrons. The Morgan fingerprint density at radius 2 is 1.92 bits per heavy atom. The number of benzene rings is 2. The van der Waals surface area contributed by atoms with Gasteiger partial charge in [-0.1, -0.05) is 0 Å². The number of sulfonamides is 1. The van der Waals surface area contributed by atoms with Crippen LogP contribution in [0, 0.1) is 24.1 Å². The third-order valence-corrected chi connectivity index (χ3v) is 5.74. The minimum Gasteiger partial charge on any atom is -0.311 e. The van der Waals surface area contributed by atoms with E-state index in [1.54, 1.807) is 13.0 Å². The van der Waals surface area contributed by atoms with Crippen molar-refractivity contribution in [1.82, 2.24) is 4.72 Å². The molecule has 1 atom stereocenters. The van der Waals surface area contributed by atoms with Crippen LogP contribution in [0.4, 0.5) is 10.1 Å². The number of nitrogens with one attached hydrogen (secondary N) is 1. The highest BCUT2D eigenvalue weighted by Gasteiger charge is 2.35. The van der Waals surface area contributed by atoms with E-state index in [4.69, 9.17) is 5.26 Å². The molecule has 134 valence electrons. The fraction of sp³-hybridized carbons (Fsp3) is 0.222. The summed E-state index contributed by atoms with van der Waals surface area (Å²) in [5, 5.41) is 8.78. The normalized spacial score (nSPS) is 17.3. The van der Waals surface area contributed by atoms with E-state index in [9.17, 15) is 17.6 Å². The van der Waals surface area contributed by atoms with Crippen molar-refractivity contribution in [1.29, 1.82) is 5.26 Å². The van der Waals surface area contributed by atoms with E-state index >= 15 is 0 Å². The molecule has 0 spiro atoms. The van der Waals surface area contributed by atoms with Crippen molar-refractivity contribution in [3.8, 4) is 6.07 Å². The quantitative estimate of drug-likeness (QED) is 0.889. The second-order valence-corrected chi connectivity index (χ2v) is 7.74. The molecule has 1 aliphatic rings. The van der Waals surface area contributed by atoms with Crippen LogP contribution in [0.15, 0.2) is 47.4 Å². The molecule has 1 saturated heterocycles. The van der Waals surface area contributed by atoms with Gasteiger partial charge in [-0.2, -0.15) is 9.98 Å². The molecule has 2 aromatic carbocycles. The van der Waals surface area contributed by atoms with Gasteiger partial charge < -0.3 is 4.90 Å². The van der Waals surface area contributed by atoms with E-state index in [2.05, 4.69) is 4.72 Å². The van der Waals surface area contributed by atoms with Crippen LogP contribution < -0.4 is 9.62 Å². The van der Waals surface area contributed by atoms with Crippen LogP contribution in [0.3, 0.4) is 0 Å². The van der Waals surface area contributed by atoms with Gasteiger partial charge >= 0.3 is 0 Å². The molecule has 1 fully saturated rings. The van der Waals surface area contributed by atoms with E-state index < -0.39 is 16.1 Å². The number of nitriles is 1. The van der Waals surface area contributed by atoms with Gasteiger partial charge in [0.05, 0.1) is 16.5 Å². The minimum absolute atomic E-state index is 0.0135. The molecule has 6 nitrogen and oxygen atoms in total. The SMILES string of the molecule is Cc1cc(N2CC[C@H](NS(=O)(=O)c3ccc(C#N)cc3)C2=O)ccc1F. The van der Waals surface area contributed by atoms with Gasteiger partial charge in [-0.15, -0.1) is 0 Å². The Hall–Kier alpha value is -2.76. The van der Waals surface area contributed by atoms with E-state index in [1.165, 1.54) is 41.3 Å². The molecular formula is C18H16FN3O3S. The highest BCUT2D eigenvalue weighted by molar-refractivity contribution is 7.89. The van der Waals surface area contributed by atoms with Gasteiger partial charge in [-0.05, 0) is 61.4 Å². The van der Waals surface area contributed by atoms with Crippen molar-refractivity contribution in [2.45, 2.75) is 24.3 Å². The van der Waals surface area contributed by atoms with Crippen LogP contribution in [0.5, 0.6) is 0 Å². The number of anilines is 1. The first-order chi connectivity index (χ1) is 12.3. The summed E-state index contributed by atoms with van der Waals surface area (Å²) in [5.74, 6) is -0.744. The summed E-state index contributed by atoms with van der Waals surface area (Å²) in [4.78, 5) is 14.0. The van der Waals surface area contributed by atoms with Gasteiger partial charge in [0.1, 0.15) is 11.9 Å². The number of nitrogens with zero attached hydrogens (tertiary/aromatic N) is 2. The zero-order valence-corrected chi connectivity index (χ0v) is 14.8. The number of hydrogen-bond donors (Lipinski definition) is 1. The first kappa shape index (κ1) is 18.0. The Morgan fingerprint density at radius 3 is 2.54 bits per heavy atom. The van der Waals surface area contributed by atoms with Gasteiger partial charge in [0, 0.05) is 12.2 Å². The summed E-state index contributed by atoms with van der Waals surface area (Å²) in [6.45, 7) is 1.94. The zero-order chi connectivity index (χ0) is 18.9. The minimum atomic E-state index is -3.89. The maximum atomic E-state index is 13.4. The summed E-state index contributed by atoms with van der Waals surface area (Å²) in [6, 6.07) is 10.8. The van der Waals surface area contributed by atoms with Crippen molar-refractivity contribution in [2.75, 3.05) is 11.4 Å². The van der Waals surface area contributed by atoms with E-state index in [0.717, 1.165) is 0 Å². The molecule has 0 saturated carbocycles. The zero-order valence-electron chi connectivity index (χ0n) is 13.9. The molecular weight excluding hydrogens is 357 g/mol. The lowest BCUT2D eigenvalue weighted by atomic mass is 10.2. The number of hydrogen-bond acceptors (Lipinski definition) is 4. The Kier molecular flexibility index (Phi) is 4.76. The summed E-state index contributed by atoms with van der Waals surface area (Å²) < 4.78 is 40.7. The van der Waals surface area contributed by atoms with Crippen LogP contribution >= 0.6 is 0 Å². The average Bonchev–Trinajstić information content (AvgIpc) is 2.97. The summed E-state index contributed by atoms with van der Waals surface area (Å²) in [5.41, 5.74) is 1.30. The Balaban J connectivity index is 1.77. The summed E-state index contributed by atoms with van der Waals surface area (Å²) in [6.07, 6.45) is 0.310. The number of carbonyl (C=O) groups is 1. The third-order valence-electron chi connectivity index (χ3n) is 4.25. The molecule has 0 aromatic heterocycles. The van der Waals surface area contributed by atoms with E-state index in [1.807, 2.05) is 6.07 Å². The Labute approximate surface area is 150 Å². The molecule has 26 heavy (non-hydrogen) atoms. The highest BCUT2D eigenvalue weighted by Crippen LogP contribution is 2.24. The van der Waals surface area contributed by atoms with Crippen LogP contribution in [-0.4, -0.2) is 26.9 Å². The first-order valence-corrected chi connectivity index (χ1v) is 9.40. The Bertz CT molecular complexity index is 997. The fourth-order valence-electron chi connectivity index (χ4n) is 2.81. The number of amides is 1. The predicted molar refractivity (Wildman–Crippen MR) is 93.4 cm³/mol. The van der Waals surface area contributed by atoms with Crippen LogP contribution in [0.2, 0.25) is 0 Å². The van der Waals surface area contributed by atoms with Crippen molar-refractivity contribution in [3.05, 3.63) is 59.4 Å². The summed E-state index contributed by atoms with van der Waals surface area (Å²) >= 11 is 0. The molecule has 8 heteroatoms. The number of carbonyl (C=O) groups excluding carboxylic acids is 1. The van der Waals surface area contributed by atoms with Crippen molar-refractivity contribution in [2.24, 2.45) is 0 Å². The second-order valence-electron chi connectivity index (χ2n) is 6.02. The molecule has 0 unspecified atom stereocenters. The summed E-state index contributed by atoms with van der Waals surface area (Å²) in [7, 11) is -3.89. The number of halogens is 1. The largest absolute Gasteiger partial charge is 0.311 e. The molecule has 1 amide bonds. The van der Waals surface area contributed by atoms with Crippen LogP contribution in [0.1, 0.15) is 17.5 Å². The van der Waals surface area contributed by atoms with Gasteiger partial charge in [0.25, 0.3) is 0 Å². The van der Waals surface area contributed by atoms with Crippen LogP contribution in [0.25, 0.3) is 0 Å². The molecule has 1 heterocycles. The van der Waals surface area contributed by atoms with Gasteiger partial charge in [-0.3, -0.25) is 4.79 Å². The third kappa shape index (κ3) is 3.45. The van der Waals surface area contributed by atoms with Crippen molar-refractivity contribution in [3.63, 3.8) is 0 Å². The topological polar surface area (TPSA) is 90.3 Å². The lowest BCUT2D eigenvalue weighted by Crippen LogP contribution is -2.41. The standard InChI is InChI=1S/C18H16FN3O3S/c1-12-10-14(4-7-16(12)19)22-9-8-17(18(22)23)21-26(24,25)15-5-2-13(11-20)3-6-15/h2-7,10,17,21H,8-9H2,1H3/t17-/m0/s1. The Morgan fingerprint density at radius 1 is 1.23 bits per heavy atom. The van der Waals surface area contributed by atoms with Gasteiger partial charge in [0.15, 0.2) is 0 Å². The monoisotopic (exact) mass is 373 g/mol. The van der Waals surface area contributed by atoms with E-state index in [-0.39, 0.29) is 16.6 Å². The smallest absolute Gasteiger partial charge is 0.245 e. The van der Waals surface area contributed by atoms with Crippen LogP contribution in [-0.2, 0) is 14.8 Å². The van der Waals surface area contributed by atoms with E-state index in [0.29, 0.717) is 29.8 Å². The highest BCUT2D eigenvalue weighted by atomic mass is 32.2. The van der Waals surface area contributed by atoms with Gasteiger partial charge in [0.2, 0.25) is 15.9 Å².